The van der Waals surface area contributed by atoms with Crippen LogP contribution >= 0.6 is 0 Å². The summed E-state index contributed by atoms with van der Waals surface area (Å²) in [7, 11) is 0. The summed E-state index contributed by atoms with van der Waals surface area (Å²) in [5, 5.41) is 6.64. The Morgan fingerprint density at radius 3 is 2.33 bits per heavy atom. The maximum absolute atomic E-state index is 4.54. The van der Waals surface area contributed by atoms with Crippen LogP contribution in [0.1, 0.15) is 47.5 Å². The lowest BCUT2D eigenvalue weighted by Gasteiger charge is -2.16. The Balaban J connectivity index is 4.00. The highest BCUT2D eigenvalue weighted by molar-refractivity contribution is 5.79. The van der Waals surface area contributed by atoms with Crippen molar-refractivity contribution in [2.24, 2.45) is 10.9 Å². The van der Waals surface area contributed by atoms with Crippen LogP contribution in [0.25, 0.3) is 0 Å². The van der Waals surface area contributed by atoms with Crippen LogP contribution in [-0.2, 0) is 0 Å². The highest BCUT2D eigenvalue weighted by Crippen LogP contribution is 1.98. The van der Waals surface area contributed by atoms with E-state index >= 15 is 0 Å². The van der Waals surface area contributed by atoms with E-state index < -0.39 is 0 Å². The molecular formula is C12H27N3. The lowest BCUT2D eigenvalue weighted by molar-refractivity contribution is 0.587. The van der Waals surface area contributed by atoms with Gasteiger partial charge in [0.25, 0.3) is 0 Å². The van der Waals surface area contributed by atoms with Crippen molar-refractivity contribution in [3.05, 3.63) is 0 Å². The Kier molecular flexibility index (Phi) is 8.15. The molecule has 90 valence electrons. The summed E-state index contributed by atoms with van der Waals surface area (Å²) in [6, 6.07) is 0.488. The van der Waals surface area contributed by atoms with E-state index in [1.54, 1.807) is 0 Å². The van der Waals surface area contributed by atoms with Gasteiger partial charge in [0.2, 0.25) is 0 Å². The van der Waals surface area contributed by atoms with Crippen LogP contribution in [0, 0.1) is 5.92 Å². The third kappa shape index (κ3) is 8.28. The Bertz CT molecular complexity index is 176. The lowest BCUT2D eigenvalue weighted by atomic mass is 10.1. The molecule has 0 aliphatic heterocycles. The minimum absolute atomic E-state index is 0.488. The van der Waals surface area contributed by atoms with E-state index in [4.69, 9.17) is 0 Å². The minimum atomic E-state index is 0.488. The fourth-order valence-electron chi connectivity index (χ4n) is 1.09. The van der Waals surface area contributed by atoms with E-state index in [2.05, 4.69) is 50.2 Å². The molecule has 3 nitrogen and oxygen atoms in total. The summed E-state index contributed by atoms with van der Waals surface area (Å²) in [6.45, 7) is 12.7. The van der Waals surface area contributed by atoms with E-state index in [-0.39, 0.29) is 0 Å². The maximum Gasteiger partial charge on any atom is 0.191 e. The summed E-state index contributed by atoms with van der Waals surface area (Å²) >= 11 is 0. The zero-order valence-electron chi connectivity index (χ0n) is 10.9. The fraction of sp³-hybridized carbons (Fsp3) is 0.917. The molecule has 0 saturated carbocycles. The summed E-state index contributed by atoms with van der Waals surface area (Å²) < 4.78 is 0. The predicted octanol–water partition coefficient (Wildman–Crippen LogP) is 2.39. The number of hydrogen-bond acceptors (Lipinski definition) is 1. The lowest BCUT2D eigenvalue weighted by Crippen LogP contribution is -2.42. The zero-order valence-corrected chi connectivity index (χ0v) is 10.9. The van der Waals surface area contributed by atoms with Crippen molar-refractivity contribution in [3.63, 3.8) is 0 Å². The van der Waals surface area contributed by atoms with E-state index in [1.165, 1.54) is 0 Å². The molecule has 0 heterocycles. The van der Waals surface area contributed by atoms with Crippen LogP contribution in [0.2, 0.25) is 0 Å². The van der Waals surface area contributed by atoms with Crippen LogP contribution in [0.4, 0.5) is 0 Å². The summed E-state index contributed by atoms with van der Waals surface area (Å²) in [6.07, 6.45) is 2.27. The Morgan fingerprint density at radius 2 is 1.87 bits per heavy atom. The topological polar surface area (TPSA) is 36.4 Å². The Morgan fingerprint density at radius 1 is 1.20 bits per heavy atom. The Hall–Kier alpha value is -0.730. The highest BCUT2D eigenvalue weighted by Gasteiger charge is 2.01. The molecule has 0 amide bonds. The van der Waals surface area contributed by atoms with Crippen molar-refractivity contribution in [3.8, 4) is 0 Å². The van der Waals surface area contributed by atoms with Crippen molar-refractivity contribution in [2.75, 3.05) is 13.1 Å². The van der Waals surface area contributed by atoms with Gasteiger partial charge in [0.1, 0.15) is 0 Å². The average Bonchev–Trinajstić information content (AvgIpc) is 2.17. The monoisotopic (exact) mass is 213 g/mol. The molecule has 0 aliphatic rings. The molecule has 1 unspecified atom stereocenters. The predicted molar refractivity (Wildman–Crippen MR) is 68.3 cm³/mol. The van der Waals surface area contributed by atoms with Crippen LogP contribution in [0.5, 0.6) is 0 Å². The summed E-state index contributed by atoms with van der Waals surface area (Å²) in [5.74, 6) is 1.67. The molecule has 3 heteroatoms. The quantitative estimate of drug-likeness (QED) is 0.525. The Labute approximate surface area is 94.7 Å². The maximum atomic E-state index is 4.54. The number of rotatable bonds is 6. The third-order valence-electron chi connectivity index (χ3n) is 2.32. The third-order valence-corrected chi connectivity index (χ3v) is 2.32. The molecule has 0 fully saturated rings. The van der Waals surface area contributed by atoms with Gasteiger partial charge in [-0.15, -0.1) is 0 Å². The van der Waals surface area contributed by atoms with Gasteiger partial charge >= 0.3 is 0 Å². The number of hydrogen-bond donors (Lipinski definition) is 2. The highest BCUT2D eigenvalue weighted by atomic mass is 15.2. The van der Waals surface area contributed by atoms with Crippen molar-refractivity contribution in [1.82, 2.24) is 10.6 Å². The van der Waals surface area contributed by atoms with Gasteiger partial charge in [-0.2, -0.15) is 0 Å². The molecule has 0 aromatic heterocycles. The molecule has 15 heavy (non-hydrogen) atoms. The number of nitrogens with zero attached hydrogens (tertiary/aromatic N) is 1. The first kappa shape index (κ1) is 14.3. The smallest absolute Gasteiger partial charge is 0.191 e. The number of nitrogens with one attached hydrogen (secondary N) is 2. The molecule has 0 saturated heterocycles. The standard InChI is InChI=1S/C12H27N3/c1-6-11(5)15-12(13-7-2)14-9-8-10(3)4/h10-11H,6-9H2,1-5H3,(H2,13,14,15). The minimum Gasteiger partial charge on any atom is -0.357 e. The first-order valence-corrected chi connectivity index (χ1v) is 6.14. The normalized spacial score (nSPS) is 14.1. The zero-order chi connectivity index (χ0) is 11.7. The van der Waals surface area contributed by atoms with Gasteiger partial charge in [0.15, 0.2) is 5.96 Å². The van der Waals surface area contributed by atoms with Crippen molar-refractivity contribution in [1.29, 1.82) is 0 Å². The second-order valence-corrected chi connectivity index (χ2v) is 4.40. The van der Waals surface area contributed by atoms with Gasteiger partial charge in [0.05, 0.1) is 0 Å². The van der Waals surface area contributed by atoms with E-state index in [9.17, 15) is 0 Å². The summed E-state index contributed by atoms with van der Waals surface area (Å²) in [4.78, 5) is 4.54. The van der Waals surface area contributed by atoms with Gasteiger partial charge in [-0.3, -0.25) is 4.99 Å². The van der Waals surface area contributed by atoms with Gasteiger partial charge in [-0.25, -0.2) is 0 Å². The van der Waals surface area contributed by atoms with Crippen molar-refractivity contribution >= 4 is 5.96 Å². The van der Waals surface area contributed by atoms with Gasteiger partial charge < -0.3 is 10.6 Å². The molecule has 0 aromatic rings. The number of guanidine groups is 1. The SMILES string of the molecule is CCNC(=NCCC(C)C)NC(C)CC. The van der Waals surface area contributed by atoms with Crippen LogP contribution in [0.15, 0.2) is 4.99 Å². The molecule has 1 atom stereocenters. The molecule has 0 bridgehead atoms. The van der Waals surface area contributed by atoms with Crippen molar-refractivity contribution < 1.29 is 0 Å². The average molecular weight is 213 g/mol. The first-order valence-electron chi connectivity index (χ1n) is 6.14. The van der Waals surface area contributed by atoms with E-state index in [0.717, 1.165) is 37.8 Å². The van der Waals surface area contributed by atoms with Crippen LogP contribution < -0.4 is 10.6 Å². The molecular weight excluding hydrogens is 186 g/mol. The fourth-order valence-corrected chi connectivity index (χ4v) is 1.09. The molecule has 0 aliphatic carbocycles. The molecule has 0 rings (SSSR count). The summed E-state index contributed by atoms with van der Waals surface area (Å²) in [5.41, 5.74) is 0. The van der Waals surface area contributed by atoms with Gasteiger partial charge in [-0.05, 0) is 32.6 Å². The van der Waals surface area contributed by atoms with Gasteiger partial charge in [0, 0.05) is 19.1 Å². The largest absolute Gasteiger partial charge is 0.357 e. The molecule has 0 aromatic carbocycles. The van der Waals surface area contributed by atoms with Crippen LogP contribution in [0.3, 0.4) is 0 Å². The van der Waals surface area contributed by atoms with Gasteiger partial charge in [-0.1, -0.05) is 20.8 Å². The van der Waals surface area contributed by atoms with E-state index in [1.807, 2.05) is 0 Å². The van der Waals surface area contributed by atoms with Crippen molar-refractivity contribution in [2.45, 2.75) is 53.5 Å². The molecule has 2 N–H and O–H groups in total. The first-order chi connectivity index (χ1) is 7.10. The number of aliphatic imine (C=N–C) groups is 1. The molecule has 0 spiro atoms. The molecule has 0 radical (unpaired) electrons. The second kappa shape index (κ2) is 8.57. The van der Waals surface area contributed by atoms with E-state index in [0.29, 0.717) is 6.04 Å². The second-order valence-electron chi connectivity index (χ2n) is 4.40. The van der Waals surface area contributed by atoms with Crippen LogP contribution in [-0.4, -0.2) is 25.1 Å².